The molecule has 0 amide bonds. The molecular weight excluding hydrogens is 344 g/mol. The molecule has 3 atom stereocenters. The number of rotatable bonds is 15. The highest BCUT2D eigenvalue weighted by molar-refractivity contribution is 4.76. The van der Waals surface area contributed by atoms with Crippen molar-refractivity contribution in [2.24, 2.45) is 23.7 Å². The smallest absolute Gasteiger partial charge is 0.0648 e. The lowest BCUT2D eigenvalue weighted by Crippen LogP contribution is -2.31. The summed E-state index contributed by atoms with van der Waals surface area (Å²) in [5, 5.41) is 0. The van der Waals surface area contributed by atoms with Crippen molar-refractivity contribution < 1.29 is 9.47 Å². The molecule has 0 aromatic rings. The molecule has 1 fully saturated rings. The van der Waals surface area contributed by atoms with Crippen molar-refractivity contribution in [3.05, 3.63) is 0 Å². The molecule has 2 nitrogen and oxygen atoms in total. The van der Waals surface area contributed by atoms with Crippen LogP contribution in [0.5, 0.6) is 0 Å². The van der Waals surface area contributed by atoms with Crippen molar-refractivity contribution in [2.75, 3.05) is 13.2 Å². The Morgan fingerprint density at radius 3 is 2.25 bits per heavy atom. The first-order valence-electron chi connectivity index (χ1n) is 12.4. The van der Waals surface area contributed by atoms with Crippen molar-refractivity contribution in [3.63, 3.8) is 0 Å². The largest absolute Gasteiger partial charge is 0.379 e. The average Bonchev–Trinajstić information content (AvgIpc) is 2.60. The van der Waals surface area contributed by atoms with Crippen LogP contribution in [0.15, 0.2) is 0 Å². The monoisotopic (exact) mass is 396 g/mol. The van der Waals surface area contributed by atoms with E-state index in [4.69, 9.17) is 9.47 Å². The summed E-state index contributed by atoms with van der Waals surface area (Å²) >= 11 is 0. The Morgan fingerprint density at radius 2 is 1.57 bits per heavy atom. The number of ether oxygens (including phenoxy) is 2. The fourth-order valence-electron chi connectivity index (χ4n) is 4.55. The molecule has 0 aliphatic heterocycles. The van der Waals surface area contributed by atoms with E-state index in [1.54, 1.807) is 0 Å². The maximum absolute atomic E-state index is 6.33. The lowest BCUT2D eigenvalue weighted by Gasteiger charge is -2.33. The summed E-state index contributed by atoms with van der Waals surface area (Å²) in [6, 6.07) is 0. The Balaban J connectivity index is 2.18. The van der Waals surface area contributed by atoms with Crippen LogP contribution in [0.25, 0.3) is 0 Å². The molecule has 0 aromatic heterocycles. The standard InChI is InChI=1S/C26H52O2/c1-21(2)11-8-12-23(5)13-9-14-24-15-10-16-25(19-24)20-28-26(6,7)17-18-27-22(3)4/h21-25H,8-20H2,1-7H3. The topological polar surface area (TPSA) is 18.5 Å². The minimum Gasteiger partial charge on any atom is -0.379 e. The first-order chi connectivity index (χ1) is 13.2. The number of hydrogen-bond acceptors (Lipinski definition) is 2. The zero-order chi connectivity index (χ0) is 21.0. The molecule has 0 bridgehead atoms. The fourth-order valence-corrected chi connectivity index (χ4v) is 4.55. The summed E-state index contributed by atoms with van der Waals surface area (Å²) in [4.78, 5) is 0. The molecule has 2 heteroatoms. The first-order valence-corrected chi connectivity index (χ1v) is 12.4. The minimum atomic E-state index is -0.0622. The fraction of sp³-hybridized carbons (Fsp3) is 1.00. The van der Waals surface area contributed by atoms with E-state index in [0.29, 0.717) is 6.10 Å². The highest BCUT2D eigenvalue weighted by atomic mass is 16.5. The molecular formula is C26H52O2. The maximum atomic E-state index is 6.33. The quantitative estimate of drug-likeness (QED) is 0.279. The predicted octanol–water partition coefficient (Wildman–Crippen LogP) is 8.04. The second-order valence-electron chi connectivity index (χ2n) is 11.0. The van der Waals surface area contributed by atoms with Crippen LogP contribution < -0.4 is 0 Å². The SMILES string of the molecule is CC(C)CCCC(C)CCCC1CCCC(COC(C)(C)CCOC(C)C)C1. The van der Waals surface area contributed by atoms with Gasteiger partial charge < -0.3 is 9.47 Å². The van der Waals surface area contributed by atoms with Crippen molar-refractivity contribution >= 4 is 0 Å². The summed E-state index contributed by atoms with van der Waals surface area (Å²) in [5.74, 6) is 3.49. The summed E-state index contributed by atoms with van der Waals surface area (Å²) in [6.45, 7) is 17.5. The molecule has 0 spiro atoms. The lowest BCUT2D eigenvalue weighted by atomic mass is 9.79. The predicted molar refractivity (Wildman–Crippen MR) is 123 cm³/mol. The zero-order valence-corrected chi connectivity index (χ0v) is 20.4. The molecule has 168 valence electrons. The molecule has 3 unspecified atom stereocenters. The van der Waals surface area contributed by atoms with E-state index < -0.39 is 0 Å². The van der Waals surface area contributed by atoms with E-state index in [9.17, 15) is 0 Å². The summed E-state index contributed by atoms with van der Waals surface area (Å²) in [5.41, 5.74) is -0.0622. The Kier molecular flexibility index (Phi) is 13.0. The molecule has 1 aliphatic carbocycles. The van der Waals surface area contributed by atoms with E-state index in [-0.39, 0.29) is 5.60 Å². The second-order valence-corrected chi connectivity index (χ2v) is 11.0. The van der Waals surface area contributed by atoms with E-state index in [2.05, 4.69) is 48.5 Å². The van der Waals surface area contributed by atoms with Gasteiger partial charge in [-0.1, -0.05) is 72.1 Å². The van der Waals surface area contributed by atoms with Crippen molar-refractivity contribution in [1.29, 1.82) is 0 Å². The van der Waals surface area contributed by atoms with Crippen LogP contribution in [0.4, 0.5) is 0 Å². The number of hydrogen-bond donors (Lipinski definition) is 0. The Labute approximate surface area is 177 Å². The van der Waals surface area contributed by atoms with Crippen molar-refractivity contribution in [1.82, 2.24) is 0 Å². The van der Waals surface area contributed by atoms with Gasteiger partial charge >= 0.3 is 0 Å². The van der Waals surface area contributed by atoms with Gasteiger partial charge in [-0.2, -0.15) is 0 Å². The molecule has 0 N–H and O–H groups in total. The van der Waals surface area contributed by atoms with Gasteiger partial charge in [0.15, 0.2) is 0 Å². The summed E-state index contributed by atoms with van der Waals surface area (Å²) < 4.78 is 12.0. The molecule has 1 aliphatic rings. The van der Waals surface area contributed by atoms with Gasteiger partial charge in [0.25, 0.3) is 0 Å². The van der Waals surface area contributed by atoms with Gasteiger partial charge in [0, 0.05) is 6.61 Å². The van der Waals surface area contributed by atoms with Crippen LogP contribution in [-0.2, 0) is 9.47 Å². The van der Waals surface area contributed by atoms with Gasteiger partial charge in [-0.15, -0.1) is 0 Å². The molecule has 1 rings (SSSR count). The van der Waals surface area contributed by atoms with Crippen LogP contribution in [0.3, 0.4) is 0 Å². The minimum absolute atomic E-state index is 0.0622. The van der Waals surface area contributed by atoms with Gasteiger partial charge in [0.2, 0.25) is 0 Å². The van der Waals surface area contributed by atoms with Crippen molar-refractivity contribution in [3.8, 4) is 0 Å². The third kappa shape index (κ3) is 13.2. The van der Waals surface area contributed by atoms with Crippen LogP contribution in [0, 0.1) is 23.7 Å². The van der Waals surface area contributed by atoms with Crippen LogP contribution >= 0.6 is 0 Å². The van der Waals surface area contributed by atoms with Gasteiger partial charge in [-0.3, -0.25) is 0 Å². The van der Waals surface area contributed by atoms with E-state index in [1.807, 2.05) is 0 Å². The third-order valence-corrected chi connectivity index (χ3v) is 6.54. The molecule has 28 heavy (non-hydrogen) atoms. The molecule has 0 heterocycles. The normalized spacial score (nSPS) is 22.2. The highest BCUT2D eigenvalue weighted by Gasteiger charge is 2.25. The van der Waals surface area contributed by atoms with Crippen LogP contribution in [0.1, 0.15) is 119 Å². The van der Waals surface area contributed by atoms with Crippen molar-refractivity contribution in [2.45, 2.75) is 131 Å². The van der Waals surface area contributed by atoms with E-state index in [0.717, 1.165) is 43.3 Å². The third-order valence-electron chi connectivity index (χ3n) is 6.54. The Bertz CT molecular complexity index is 375. The Hall–Kier alpha value is -0.0800. The molecule has 0 saturated heterocycles. The Morgan fingerprint density at radius 1 is 0.893 bits per heavy atom. The van der Waals surface area contributed by atoms with Gasteiger partial charge in [0.1, 0.15) is 0 Å². The van der Waals surface area contributed by atoms with Crippen LogP contribution in [-0.4, -0.2) is 24.9 Å². The highest BCUT2D eigenvalue weighted by Crippen LogP contribution is 2.34. The van der Waals surface area contributed by atoms with E-state index >= 15 is 0 Å². The van der Waals surface area contributed by atoms with Gasteiger partial charge in [-0.25, -0.2) is 0 Å². The van der Waals surface area contributed by atoms with E-state index in [1.165, 1.54) is 64.2 Å². The molecule has 0 aromatic carbocycles. The van der Waals surface area contributed by atoms with Gasteiger partial charge in [0.05, 0.1) is 18.3 Å². The average molecular weight is 397 g/mol. The molecule has 1 saturated carbocycles. The maximum Gasteiger partial charge on any atom is 0.0648 e. The van der Waals surface area contributed by atoms with Crippen LogP contribution in [0.2, 0.25) is 0 Å². The zero-order valence-electron chi connectivity index (χ0n) is 20.4. The van der Waals surface area contributed by atoms with Gasteiger partial charge in [-0.05, 0) is 70.6 Å². The first kappa shape index (κ1) is 26.0. The molecule has 0 radical (unpaired) electrons. The summed E-state index contributed by atoms with van der Waals surface area (Å²) in [6.07, 6.45) is 15.4. The summed E-state index contributed by atoms with van der Waals surface area (Å²) in [7, 11) is 0. The lowest BCUT2D eigenvalue weighted by molar-refractivity contribution is -0.0661. The second kappa shape index (κ2) is 14.0.